The molecule has 1 aromatic carbocycles. The first kappa shape index (κ1) is 19.9. The van der Waals surface area contributed by atoms with Gasteiger partial charge in [0.2, 0.25) is 0 Å². The van der Waals surface area contributed by atoms with Gasteiger partial charge in [0.1, 0.15) is 23.4 Å². The van der Waals surface area contributed by atoms with Gasteiger partial charge < -0.3 is 19.7 Å². The second kappa shape index (κ2) is 9.01. The van der Waals surface area contributed by atoms with Gasteiger partial charge in [-0.15, -0.1) is 0 Å². The Labute approximate surface area is 182 Å². The molecular formula is C23H28N6O2. The van der Waals surface area contributed by atoms with Crippen molar-refractivity contribution >= 4 is 22.5 Å². The number of nitrogens with zero attached hydrogens (tertiary/aromatic N) is 5. The molecule has 0 spiro atoms. The van der Waals surface area contributed by atoms with E-state index >= 15 is 0 Å². The molecule has 0 amide bonds. The van der Waals surface area contributed by atoms with Crippen molar-refractivity contribution in [3.05, 3.63) is 42.6 Å². The van der Waals surface area contributed by atoms with E-state index in [0.29, 0.717) is 6.04 Å². The minimum absolute atomic E-state index is 0.176. The first-order valence-electron chi connectivity index (χ1n) is 11.0. The van der Waals surface area contributed by atoms with Crippen LogP contribution >= 0.6 is 0 Å². The lowest BCUT2D eigenvalue weighted by Gasteiger charge is -2.31. The smallest absolute Gasteiger partial charge is 0.149 e. The maximum Gasteiger partial charge on any atom is 0.149 e. The average molecular weight is 421 g/mol. The lowest BCUT2D eigenvalue weighted by molar-refractivity contribution is 0.122. The summed E-state index contributed by atoms with van der Waals surface area (Å²) in [6.45, 7) is 5.24. The standard InChI is InChI=1S/C23H28N6O2/c1-16-12-22(27-15-26-16)28-17-2-4-19(5-3-17)31-21-14-18(29-8-10-30-11-9-29)13-20-23(21)25-7-6-24-20/h6-7,12-15,17,19H,2-5,8-11H2,1H3,(H,26,27,28)/t17-,19+. The van der Waals surface area contributed by atoms with E-state index in [1.165, 1.54) is 0 Å². The molecule has 8 nitrogen and oxygen atoms in total. The van der Waals surface area contributed by atoms with Gasteiger partial charge in [-0.1, -0.05) is 0 Å². The van der Waals surface area contributed by atoms with Crippen LogP contribution in [-0.4, -0.2) is 58.4 Å². The quantitative estimate of drug-likeness (QED) is 0.673. The number of nitrogens with one attached hydrogen (secondary N) is 1. The van der Waals surface area contributed by atoms with Crippen molar-refractivity contribution in [1.29, 1.82) is 0 Å². The topological polar surface area (TPSA) is 85.3 Å². The van der Waals surface area contributed by atoms with Crippen molar-refractivity contribution in [1.82, 2.24) is 19.9 Å². The number of ether oxygens (including phenoxy) is 2. The molecule has 8 heteroatoms. The molecule has 2 aromatic heterocycles. The number of anilines is 2. The Bertz CT molecular complexity index is 1030. The van der Waals surface area contributed by atoms with E-state index in [1.807, 2.05) is 13.0 Å². The predicted molar refractivity (Wildman–Crippen MR) is 120 cm³/mol. The van der Waals surface area contributed by atoms with E-state index in [4.69, 9.17) is 9.47 Å². The van der Waals surface area contributed by atoms with E-state index in [1.54, 1.807) is 18.7 Å². The number of aromatic nitrogens is 4. The molecule has 2 aliphatic rings. The Hall–Kier alpha value is -3.00. The van der Waals surface area contributed by atoms with Gasteiger partial charge in [0.25, 0.3) is 0 Å². The lowest BCUT2D eigenvalue weighted by atomic mass is 9.93. The summed E-state index contributed by atoms with van der Waals surface area (Å²) in [4.78, 5) is 19.9. The maximum atomic E-state index is 6.50. The van der Waals surface area contributed by atoms with E-state index in [0.717, 1.165) is 86.0 Å². The van der Waals surface area contributed by atoms with Crippen molar-refractivity contribution in [2.24, 2.45) is 0 Å². The van der Waals surface area contributed by atoms with E-state index in [2.05, 4.69) is 42.3 Å². The maximum absolute atomic E-state index is 6.50. The number of morpholine rings is 1. The average Bonchev–Trinajstić information content (AvgIpc) is 2.81. The fraction of sp³-hybridized carbons (Fsp3) is 0.478. The molecule has 0 atom stereocenters. The Balaban J connectivity index is 1.28. The highest BCUT2D eigenvalue weighted by Crippen LogP contribution is 2.33. The summed E-state index contributed by atoms with van der Waals surface area (Å²) in [7, 11) is 0. The van der Waals surface area contributed by atoms with Gasteiger partial charge in [0.05, 0.1) is 24.8 Å². The first-order chi connectivity index (χ1) is 15.2. The summed E-state index contributed by atoms with van der Waals surface area (Å²) in [5.74, 6) is 1.73. The zero-order valence-corrected chi connectivity index (χ0v) is 17.8. The lowest BCUT2D eigenvalue weighted by Crippen LogP contribution is -2.36. The van der Waals surface area contributed by atoms with Gasteiger partial charge in [-0.2, -0.15) is 0 Å². The summed E-state index contributed by atoms with van der Waals surface area (Å²) in [5, 5.41) is 3.54. The zero-order chi connectivity index (χ0) is 21.0. The highest BCUT2D eigenvalue weighted by atomic mass is 16.5. The van der Waals surface area contributed by atoms with E-state index < -0.39 is 0 Å². The van der Waals surface area contributed by atoms with Gasteiger partial charge in [-0.25, -0.2) is 15.0 Å². The summed E-state index contributed by atoms with van der Waals surface area (Å²) < 4.78 is 12.0. The second-order valence-electron chi connectivity index (χ2n) is 8.25. The minimum Gasteiger partial charge on any atom is -0.488 e. The van der Waals surface area contributed by atoms with Crippen LogP contribution in [-0.2, 0) is 4.74 Å². The fourth-order valence-electron chi connectivity index (χ4n) is 4.37. The highest BCUT2D eigenvalue weighted by molar-refractivity contribution is 5.85. The normalized spacial score (nSPS) is 21.8. The van der Waals surface area contributed by atoms with Gasteiger partial charge in [-0.3, -0.25) is 4.98 Å². The minimum atomic E-state index is 0.176. The summed E-state index contributed by atoms with van der Waals surface area (Å²) in [6.07, 6.45) is 9.32. The van der Waals surface area contributed by atoms with Gasteiger partial charge in [0, 0.05) is 55.0 Å². The van der Waals surface area contributed by atoms with Crippen LogP contribution in [0.3, 0.4) is 0 Å². The van der Waals surface area contributed by atoms with Crippen LogP contribution in [0.1, 0.15) is 31.4 Å². The van der Waals surface area contributed by atoms with E-state index in [-0.39, 0.29) is 6.10 Å². The Morgan fingerprint density at radius 2 is 1.77 bits per heavy atom. The van der Waals surface area contributed by atoms with Crippen LogP contribution in [0.2, 0.25) is 0 Å². The molecule has 1 saturated heterocycles. The van der Waals surface area contributed by atoms with E-state index in [9.17, 15) is 0 Å². The summed E-state index contributed by atoms with van der Waals surface area (Å²) >= 11 is 0. The van der Waals surface area contributed by atoms with Crippen LogP contribution < -0.4 is 15.0 Å². The van der Waals surface area contributed by atoms with Crippen molar-refractivity contribution in [2.75, 3.05) is 36.5 Å². The molecule has 162 valence electrons. The predicted octanol–water partition coefficient (Wildman–Crippen LogP) is 3.37. The molecular weight excluding hydrogens is 392 g/mol. The molecule has 1 aliphatic heterocycles. The van der Waals surface area contributed by atoms with Crippen LogP contribution in [0.15, 0.2) is 36.9 Å². The molecule has 2 fully saturated rings. The third kappa shape index (κ3) is 4.69. The molecule has 1 N–H and O–H groups in total. The summed E-state index contributed by atoms with van der Waals surface area (Å²) in [6, 6.07) is 6.62. The van der Waals surface area contributed by atoms with Gasteiger partial charge in [0.15, 0.2) is 0 Å². The van der Waals surface area contributed by atoms with Crippen molar-refractivity contribution in [3.63, 3.8) is 0 Å². The van der Waals surface area contributed by atoms with Crippen molar-refractivity contribution < 1.29 is 9.47 Å². The molecule has 1 saturated carbocycles. The van der Waals surface area contributed by atoms with Crippen LogP contribution in [0.25, 0.3) is 11.0 Å². The Morgan fingerprint density at radius 1 is 0.968 bits per heavy atom. The third-order valence-electron chi connectivity index (χ3n) is 6.02. The van der Waals surface area contributed by atoms with Gasteiger partial charge in [-0.05, 0) is 38.7 Å². The zero-order valence-electron chi connectivity index (χ0n) is 17.8. The molecule has 3 heterocycles. The van der Waals surface area contributed by atoms with Gasteiger partial charge >= 0.3 is 0 Å². The SMILES string of the molecule is Cc1cc(N[C@H]2CC[C@@H](Oc3cc(N4CCOCC4)cc4nccnc34)CC2)ncn1. The van der Waals surface area contributed by atoms with Crippen molar-refractivity contribution in [2.45, 2.75) is 44.8 Å². The fourth-order valence-corrected chi connectivity index (χ4v) is 4.37. The number of fused-ring (bicyclic) bond motifs is 1. The number of hydrogen-bond donors (Lipinski definition) is 1. The first-order valence-corrected chi connectivity index (χ1v) is 11.0. The third-order valence-corrected chi connectivity index (χ3v) is 6.02. The molecule has 0 bridgehead atoms. The number of aryl methyl sites for hydroxylation is 1. The molecule has 31 heavy (non-hydrogen) atoms. The van der Waals surface area contributed by atoms with Crippen LogP contribution in [0, 0.1) is 6.92 Å². The summed E-state index contributed by atoms with van der Waals surface area (Å²) in [5.41, 5.74) is 3.80. The highest BCUT2D eigenvalue weighted by Gasteiger charge is 2.24. The second-order valence-corrected chi connectivity index (χ2v) is 8.25. The van der Waals surface area contributed by atoms with Crippen LogP contribution in [0.5, 0.6) is 5.75 Å². The molecule has 0 radical (unpaired) electrons. The van der Waals surface area contributed by atoms with Crippen LogP contribution in [0.4, 0.5) is 11.5 Å². The molecule has 5 rings (SSSR count). The molecule has 0 unspecified atom stereocenters. The monoisotopic (exact) mass is 420 g/mol. The molecule has 1 aliphatic carbocycles. The van der Waals surface area contributed by atoms with Crippen molar-refractivity contribution in [3.8, 4) is 5.75 Å². The molecule has 3 aromatic rings. The number of benzene rings is 1. The number of hydrogen-bond acceptors (Lipinski definition) is 8. The Morgan fingerprint density at radius 3 is 2.58 bits per heavy atom. The Kier molecular flexibility index (Phi) is 5.80. The number of rotatable bonds is 5. The largest absolute Gasteiger partial charge is 0.488 e.